The minimum Gasteiger partial charge on any atom is -0.398 e. The molecular weight excluding hydrogens is 240 g/mol. The van der Waals surface area contributed by atoms with Crippen molar-refractivity contribution >= 4 is 15.7 Å². The largest absolute Gasteiger partial charge is 0.398 e. The van der Waals surface area contributed by atoms with Crippen molar-refractivity contribution in [2.24, 2.45) is 0 Å². The van der Waals surface area contributed by atoms with Crippen LogP contribution in [0.3, 0.4) is 0 Å². The lowest BCUT2D eigenvalue weighted by Gasteiger charge is -2.16. The number of nitrogens with two attached hydrogens (primary N) is 1. The molecule has 0 unspecified atom stereocenters. The zero-order valence-corrected chi connectivity index (χ0v) is 11.0. The van der Waals surface area contributed by atoms with Crippen LogP contribution in [0.4, 0.5) is 5.69 Å². The fraction of sp³-hybridized carbons (Fsp3) is 0.455. The van der Waals surface area contributed by atoms with E-state index in [1.54, 1.807) is 32.9 Å². The van der Waals surface area contributed by atoms with E-state index in [9.17, 15) is 8.42 Å². The number of anilines is 1. The topological polar surface area (TPSA) is 92.4 Å². The lowest BCUT2D eigenvalue weighted by atomic mass is 10.1. The molecular formula is C11H18N2O3S. The van der Waals surface area contributed by atoms with Crippen LogP contribution in [-0.4, -0.2) is 26.2 Å². The molecule has 1 rings (SSSR count). The van der Waals surface area contributed by atoms with E-state index in [4.69, 9.17) is 10.8 Å². The highest BCUT2D eigenvalue weighted by molar-refractivity contribution is 7.89. The smallest absolute Gasteiger partial charge is 0.241 e. The number of nitrogen functional groups attached to an aromatic ring is 1. The molecule has 0 heterocycles. The van der Waals surface area contributed by atoms with Crippen LogP contribution in [0.1, 0.15) is 18.1 Å². The van der Waals surface area contributed by atoms with Crippen LogP contribution in [0.5, 0.6) is 0 Å². The molecule has 0 radical (unpaired) electrons. The van der Waals surface area contributed by atoms with Gasteiger partial charge in [0.15, 0.2) is 0 Å². The fourth-order valence-corrected chi connectivity index (χ4v) is 3.35. The first-order chi connectivity index (χ1) is 7.79. The Balaban J connectivity index is 3.29. The van der Waals surface area contributed by atoms with Crippen LogP contribution in [0, 0.1) is 13.8 Å². The highest BCUT2D eigenvalue weighted by atomic mass is 32.2. The van der Waals surface area contributed by atoms with Gasteiger partial charge in [0.25, 0.3) is 0 Å². The van der Waals surface area contributed by atoms with Gasteiger partial charge in [-0.1, -0.05) is 6.07 Å². The molecule has 5 nitrogen and oxygen atoms in total. The summed E-state index contributed by atoms with van der Waals surface area (Å²) in [5.74, 6) is 0. The third kappa shape index (κ3) is 2.96. The summed E-state index contributed by atoms with van der Waals surface area (Å²) in [4.78, 5) is 0.192. The highest BCUT2D eigenvalue weighted by Crippen LogP contribution is 2.24. The van der Waals surface area contributed by atoms with Gasteiger partial charge in [0.1, 0.15) is 0 Å². The lowest BCUT2D eigenvalue weighted by Crippen LogP contribution is -2.35. The Morgan fingerprint density at radius 3 is 2.53 bits per heavy atom. The first-order valence-corrected chi connectivity index (χ1v) is 6.76. The molecule has 0 amide bonds. The standard InChI is InChI=1S/C11H18N2O3S/c1-7-4-5-10(12)9(3)11(7)17(15,16)13-8(2)6-14/h4-5,8,13-14H,6,12H2,1-3H3/t8-/m0/s1. The molecule has 17 heavy (non-hydrogen) atoms. The Labute approximate surface area is 102 Å². The van der Waals surface area contributed by atoms with E-state index in [0.29, 0.717) is 16.8 Å². The quantitative estimate of drug-likeness (QED) is 0.687. The van der Waals surface area contributed by atoms with E-state index in [0.717, 1.165) is 0 Å². The summed E-state index contributed by atoms with van der Waals surface area (Å²) in [5.41, 5.74) is 7.31. The molecule has 0 saturated carbocycles. The van der Waals surface area contributed by atoms with Crippen molar-refractivity contribution < 1.29 is 13.5 Å². The highest BCUT2D eigenvalue weighted by Gasteiger charge is 2.22. The summed E-state index contributed by atoms with van der Waals surface area (Å²) >= 11 is 0. The van der Waals surface area contributed by atoms with Crippen LogP contribution in [0.2, 0.25) is 0 Å². The van der Waals surface area contributed by atoms with Crippen LogP contribution >= 0.6 is 0 Å². The van der Waals surface area contributed by atoms with Crippen molar-refractivity contribution in [1.82, 2.24) is 4.72 Å². The van der Waals surface area contributed by atoms with E-state index in [1.165, 1.54) is 0 Å². The third-order valence-electron chi connectivity index (χ3n) is 2.54. The van der Waals surface area contributed by atoms with E-state index < -0.39 is 16.1 Å². The average Bonchev–Trinajstić information content (AvgIpc) is 2.23. The summed E-state index contributed by atoms with van der Waals surface area (Å²) in [6, 6.07) is 2.82. The molecule has 0 aromatic heterocycles. The number of nitrogens with one attached hydrogen (secondary N) is 1. The van der Waals surface area contributed by atoms with Gasteiger partial charge in [-0.3, -0.25) is 0 Å². The van der Waals surface area contributed by atoms with Gasteiger partial charge in [-0.05, 0) is 38.0 Å². The maximum atomic E-state index is 12.1. The number of aryl methyl sites for hydroxylation is 1. The fourth-order valence-electron chi connectivity index (χ4n) is 1.62. The second-order valence-electron chi connectivity index (χ2n) is 4.13. The van der Waals surface area contributed by atoms with Gasteiger partial charge in [0, 0.05) is 11.7 Å². The summed E-state index contributed by atoms with van der Waals surface area (Å²) < 4.78 is 26.6. The molecule has 1 aromatic carbocycles. The Kier molecular flexibility index (Phi) is 4.13. The maximum Gasteiger partial charge on any atom is 0.241 e. The summed E-state index contributed by atoms with van der Waals surface area (Å²) in [6.45, 7) is 4.72. The Bertz CT molecular complexity index is 512. The van der Waals surface area contributed by atoms with Crippen LogP contribution in [0.15, 0.2) is 17.0 Å². The van der Waals surface area contributed by atoms with Gasteiger partial charge < -0.3 is 10.8 Å². The Hall–Kier alpha value is -1.11. The predicted octanol–water partition coefficient (Wildman–Crippen LogP) is 0.545. The van der Waals surface area contributed by atoms with Crippen molar-refractivity contribution in [2.75, 3.05) is 12.3 Å². The van der Waals surface area contributed by atoms with Crippen molar-refractivity contribution in [3.63, 3.8) is 0 Å². The number of sulfonamides is 1. The molecule has 0 saturated heterocycles. The molecule has 4 N–H and O–H groups in total. The van der Waals surface area contributed by atoms with Crippen molar-refractivity contribution in [2.45, 2.75) is 31.7 Å². The number of aliphatic hydroxyl groups is 1. The SMILES string of the molecule is Cc1ccc(N)c(C)c1S(=O)(=O)N[C@@H](C)CO. The molecule has 6 heteroatoms. The number of hydrogen-bond donors (Lipinski definition) is 3. The minimum atomic E-state index is -3.65. The molecule has 0 bridgehead atoms. The van der Waals surface area contributed by atoms with Crippen molar-refractivity contribution in [1.29, 1.82) is 0 Å². The van der Waals surface area contributed by atoms with Gasteiger partial charge in [0.05, 0.1) is 11.5 Å². The van der Waals surface area contributed by atoms with E-state index in [2.05, 4.69) is 4.72 Å². The summed E-state index contributed by atoms with van der Waals surface area (Å²) in [6.07, 6.45) is 0. The molecule has 0 aliphatic rings. The molecule has 96 valence electrons. The molecule has 1 aromatic rings. The Morgan fingerprint density at radius 1 is 1.41 bits per heavy atom. The van der Waals surface area contributed by atoms with Crippen LogP contribution < -0.4 is 10.5 Å². The van der Waals surface area contributed by atoms with E-state index in [1.807, 2.05) is 0 Å². The zero-order valence-electron chi connectivity index (χ0n) is 10.2. The zero-order chi connectivity index (χ0) is 13.2. The monoisotopic (exact) mass is 258 g/mol. The summed E-state index contributed by atoms with van der Waals surface area (Å²) in [7, 11) is -3.65. The number of aliphatic hydroxyl groups excluding tert-OH is 1. The second-order valence-corrected chi connectivity index (χ2v) is 5.78. The van der Waals surface area contributed by atoms with Crippen LogP contribution in [0.25, 0.3) is 0 Å². The van der Waals surface area contributed by atoms with Gasteiger partial charge in [-0.2, -0.15) is 0 Å². The first-order valence-electron chi connectivity index (χ1n) is 5.28. The minimum absolute atomic E-state index is 0.192. The Morgan fingerprint density at radius 2 is 2.00 bits per heavy atom. The summed E-state index contributed by atoms with van der Waals surface area (Å²) in [5, 5.41) is 8.89. The maximum absolute atomic E-state index is 12.1. The number of benzene rings is 1. The molecule has 0 fully saturated rings. The number of hydrogen-bond acceptors (Lipinski definition) is 4. The van der Waals surface area contributed by atoms with Crippen molar-refractivity contribution in [3.8, 4) is 0 Å². The normalized spacial score (nSPS) is 13.6. The average molecular weight is 258 g/mol. The molecule has 1 atom stereocenters. The van der Waals surface area contributed by atoms with E-state index >= 15 is 0 Å². The van der Waals surface area contributed by atoms with Crippen LogP contribution in [-0.2, 0) is 10.0 Å². The van der Waals surface area contributed by atoms with Crippen molar-refractivity contribution in [3.05, 3.63) is 23.3 Å². The molecule has 0 aliphatic heterocycles. The number of rotatable bonds is 4. The lowest BCUT2D eigenvalue weighted by molar-refractivity contribution is 0.265. The van der Waals surface area contributed by atoms with Gasteiger partial charge in [-0.15, -0.1) is 0 Å². The van der Waals surface area contributed by atoms with E-state index in [-0.39, 0.29) is 11.5 Å². The molecule has 0 aliphatic carbocycles. The third-order valence-corrected chi connectivity index (χ3v) is 4.42. The predicted molar refractivity (Wildman–Crippen MR) is 67.2 cm³/mol. The van der Waals surface area contributed by atoms with Gasteiger partial charge in [0.2, 0.25) is 10.0 Å². The molecule has 0 spiro atoms. The van der Waals surface area contributed by atoms with Gasteiger partial charge >= 0.3 is 0 Å². The van der Waals surface area contributed by atoms with Gasteiger partial charge in [-0.25, -0.2) is 13.1 Å². The first kappa shape index (κ1) is 14.0. The second kappa shape index (κ2) is 5.03.